The molecule has 21 heavy (non-hydrogen) atoms. The molecule has 1 aromatic rings. The number of nitrogens with one attached hydrogen (secondary N) is 1. The average Bonchev–Trinajstić information content (AvgIpc) is 2.65. The van der Waals surface area contributed by atoms with E-state index in [-0.39, 0.29) is 13.0 Å². The molecule has 4 nitrogen and oxygen atoms in total. The highest BCUT2D eigenvalue weighted by Gasteiger charge is 2.38. The summed E-state index contributed by atoms with van der Waals surface area (Å²) < 4.78 is 51.3. The van der Waals surface area contributed by atoms with Gasteiger partial charge in [-0.05, 0) is 25.1 Å². The molecule has 1 saturated heterocycles. The molecule has 1 atom stereocenters. The lowest BCUT2D eigenvalue weighted by Gasteiger charge is -2.16. The Balaban J connectivity index is 2.24. The van der Waals surface area contributed by atoms with Crippen LogP contribution in [0.25, 0.3) is 0 Å². The molecule has 8 heteroatoms. The number of nitrogens with zero attached hydrogens (tertiary/aromatic N) is 1. The predicted molar refractivity (Wildman–Crippen MR) is 65.8 cm³/mol. The van der Waals surface area contributed by atoms with Crippen LogP contribution in [0.4, 0.5) is 23.2 Å². The van der Waals surface area contributed by atoms with Crippen LogP contribution in [-0.2, 0) is 15.8 Å². The van der Waals surface area contributed by atoms with Crippen LogP contribution in [0.15, 0.2) is 18.2 Å². The number of hydrogen-bond donors (Lipinski definition) is 1. The summed E-state index contributed by atoms with van der Waals surface area (Å²) in [6, 6.07) is 0.821. The largest absolute Gasteiger partial charge is 0.416 e. The SMILES string of the molecule is CCN1C(=O)CC(Nc2cc(C(F)(F)F)ccc2F)C1=O. The van der Waals surface area contributed by atoms with Gasteiger partial charge in [-0.25, -0.2) is 4.39 Å². The number of hydrogen-bond acceptors (Lipinski definition) is 3. The summed E-state index contributed by atoms with van der Waals surface area (Å²) in [7, 11) is 0. The third-order valence-corrected chi connectivity index (χ3v) is 3.18. The number of likely N-dealkylation sites (N-methyl/N-ethyl adjacent to an activating group) is 1. The van der Waals surface area contributed by atoms with Crippen molar-refractivity contribution in [2.75, 3.05) is 11.9 Å². The molecule has 2 amide bonds. The molecule has 0 aromatic heterocycles. The molecule has 0 spiro atoms. The van der Waals surface area contributed by atoms with Crippen molar-refractivity contribution in [2.24, 2.45) is 0 Å². The molecule has 1 unspecified atom stereocenters. The van der Waals surface area contributed by atoms with E-state index < -0.39 is 41.1 Å². The third kappa shape index (κ3) is 2.98. The summed E-state index contributed by atoms with van der Waals surface area (Å²) in [5.41, 5.74) is -1.48. The van der Waals surface area contributed by atoms with Crippen LogP contribution in [-0.4, -0.2) is 29.3 Å². The van der Waals surface area contributed by atoms with E-state index in [9.17, 15) is 27.2 Å². The number of likely N-dealkylation sites (tertiary alicyclic amines) is 1. The number of imide groups is 1. The molecule has 1 aromatic carbocycles. The number of carbonyl (C=O) groups excluding carboxylic acids is 2. The van der Waals surface area contributed by atoms with Gasteiger partial charge in [0.15, 0.2) is 0 Å². The van der Waals surface area contributed by atoms with E-state index in [1.54, 1.807) is 6.92 Å². The van der Waals surface area contributed by atoms with E-state index in [0.717, 1.165) is 4.90 Å². The summed E-state index contributed by atoms with van der Waals surface area (Å²) in [5.74, 6) is -1.93. The molecule has 0 aliphatic carbocycles. The van der Waals surface area contributed by atoms with Gasteiger partial charge in [-0.3, -0.25) is 14.5 Å². The second-order valence-electron chi connectivity index (χ2n) is 4.57. The molecule has 2 rings (SSSR count). The van der Waals surface area contributed by atoms with Crippen molar-refractivity contribution in [1.29, 1.82) is 0 Å². The first-order valence-electron chi connectivity index (χ1n) is 6.21. The quantitative estimate of drug-likeness (QED) is 0.689. The van der Waals surface area contributed by atoms with Crippen molar-refractivity contribution >= 4 is 17.5 Å². The number of rotatable bonds is 3. The highest BCUT2D eigenvalue weighted by Crippen LogP contribution is 2.32. The second kappa shape index (κ2) is 5.34. The Kier molecular flexibility index (Phi) is 3.89. The van der Waals surface area contributed by atoms with Crippen LogP contribution in [0, 0.1) is 5.82 Å². The van der Waals surface area contributed by atoms with Gasteiger partial charge in [-0.2, -0.15) is 13.2 Å². The fourth-order valence-corrected chi connectivity index (χ4v) is 2.13. The molecule has 0 bridgehead atoms. The zero-order valence-electron chi connectivity index (χ0n) is 11.0. The van der Waals surface area contributed by atoms with Gasteiger partial charge in [0.05, 0.1) is 17.7 Å². The predicted octanol–water partition coefficient (Wildman–Crippen LogP) is 2.40. The van der Waals surface area contributed by atoms with E-state index in [0.29, 0.717) is 18.2 Å². The lowest BCUT2D eigenvalue weighted by molar-refractivity contribution is -0.139. The number of benzene rings is 1. The van der Waals surface area contributed by atoms with Gasteiger partial charge in [0.2, 0.25) is 5.91 Å². The second-order valence-corrected chi connectivity index (χ2v) is 4.57. The Morgan fingerprint density at radius 1 is 1.33 bits per heavy atom. The summed E-state index contributed by atoms with van der Waals surface area (Å²) in [5, 5.41) is 2.38. The molecular weight excluding hydrogens is 292 g/mol. The van der Waals surface area contributed by atoms with E-state index in [4.69, 9.17) is 0 Å². The summed E-state index contributed by atoms with van der Waals surface area (Å²) in [6.07, 6.45) is -4.82. The first kappa shape index (κ1) is 15.3. The minimum Gasteiger partial charge on any atom is -0.371 e. The van der Waals surface area contributed by atoms with Crippen LogP contribution in [0.3, 0.4) is 0 Å². The maximum absolute atomic E-state index is 13.6. The van der Waals surface area contributed by atoms with Crippen LogP contribution in [0.1, 0.15) is 18.9 Å². The molecular formula is C13H12F4N2O2. The molecule has 1 heterocycles. The average molecular weight is 304 g/mol. The first-order valence-corrected chi connectivity index (χ1v) is 6.21. The van der Waals surface area contributed by atoms with Crippen molar-refractivity contribution < 1.29 is 27.2 Å². The van der Waals surface area contributed by atoms with E-state index in [2.05, 4.69) is 5.32 Å². The van der Waals surface area contributed by atoms with Gasteiger partial charge >= 0.3 is 6.18 Å². The molecule has 0 saturated carbocycles. The van der Waals surface area contributed by atoms with Crippen molar-refractivity contribution in [3.8, 4) is 0 Å². The number of halogens is 4. The maximum Gasteiger partial charge on any atom is 0.416 e. The normalized spacial score (nSPS) is 19.3. The van der Waals surface area contributed by atoms with E-state index in [1.165, 1.54) is 0 Å². The highest BCUT2D eigenvalue weighted by atomic mass is 19.4. The smallest absolute Gasteiger partial charge is 0.371 e. The zero-order valence-corrected chi connectivity index (χ0v) is 11.0. The lowest BCUT2D eigenvalue weighted by Crippen LogP contribution is -2.34. The third-order valence-electron chi connectivity index (χ3n) is 3.18. The summed E-state index contributed by atoms with van der Waals surface area (Å²) in [4.78, 5) is 24.3. The number of carbonyl (C=O) groups is 2. The van der Waals surface area contributed by atoms with Gasteiger partial charge in [0, 0.05) is 6.54 Å². The minimum absolute atomic E-state index is 0.168. The summed E-state index contributed by atoms with van der Waals surface area (Å²) >= 11 is 0. The van der Waals surface area contributed by atoms with Gasteiger partial charge < -0.3 is 5.32 Å². The number of alkyl halides is 3. The number of amides is 2. The van der Waals surface area contributed by atoms with E-state index >= 15 is 0 Å². The standard InChI is InChI=1S/C13H12F4N2O2/c1-2-19-11(20)6-10(12(19)21)18-9-5-7(13(15,16)17)3-4-8(9)14/h3-5,10,18H,2,6H2,1H3. The van der Waals surface area contributed by atoms with Gasteiger partial charge in [0.25, 0.3) is 5.91 Å². The van der Waals surface area contributed by atoms with Crippen molar-refractivity contribution in [3.63, 3.8) is 0 Å². The van der Waals surface area contributed by atoms with E-state index in [1.807, 2.05) is 0 Å². The Morgan fingerprint density at radius 3 is 2.52 bits per heavy atom. The Bertz CT molecular complexity index is 586. The molecule has 1 N–H and O–H groups in total. The monoisotopic (exact) mass is 304 g/mol. The maximum atomic E-state index is 13.6. The molecule has 114 valence electrons. The van der Waals surface area contributed by atoms with Gasteiger partial charge in [-0.15, -0.1) is 0 Å². The van der Waals surface area contributed by atoms with Crippen LogP contribution >= 0.6 is 0 Å². The minimum atomic E-state index is -4.62. The Morgan fingerprint density at radius 2 is 2.00 bits per heavy atom. The fourth-order valence-electron chi connectivity index (χ4n) is 2.13. The van der Waals surface area contributed by atoms with Crippen LogP contribution < -0.4 is 5.32 Å². The lowest BCUT2D eigenvalue weighted by atomic mass is 10.1. The molecule has 1 aliphatic heterocycles. The van der Waals surface area contributed by atoms with Crippen LogP contribution in [0.5, 0.6) is 0 Å². The Labute approximate surface area is 117 Å². The van der Waals surface area contributed by atoms with Crippen molar-refractivity contribution in [3.05, 3.63) is 29.6 Å². The number of anilines is 1. The van der Waals surface area contributed by atoms with Crippen LogP contribution in [0.2, 0.25) is 0 Å². The topological polar surface area (TPSA) is 49.4 Å². The molecule has 1 fully saturated rings. The summed E-state index contributed by atoms with van der Waals surface area (Å²) in [6.45, 7) is 1.77. The molecule has 0 radical (unpaired) electrons. The van der Waals surface area contributed by atoms with Gasteiger partial charge in [0.1, 0.15) is 11.9 Å². The first-order chi connectivity index (χ1) is 9.74. The fraction of sp³-hybridized carbons (Fsp3) is 0.385. The van der Waals surface area contributed by atoms with Crippen molar-refractivity contribution in [2.45, 2.75) is 25.6 Å². The highest BCUT2D eigenvalue weighted by molar-refractivity contribution is 6.06. The molecule has 1 aliphatic rings. The van der Waals surface area contributed by atoms with Crippen molar-refractivity contribution in [1.82, 2.24) is 4.90 Å². The van der Waals surface area contributed by atoms with Gasteiger partial charge in [-0.1, -0.05) is 0 Å². The zero-order chi connectivity index (χ0) is 15.8. The Hall–Kier alpha value is -2.12.